The van der Waals surface area contributed by atoms with Crippen LogP contribution < -0.4 is 0 Å². The Balaban J connectivity index is 1.70. The first-order valence-corrected chi connectivity index (χ1v) is 9.37. The number of halogens is 1. The number of carbonyl (C=O) groups excluding carboxylic acids is 2. The van der Waals surface area contributed by atoms with Gasteiger partial charge in [-0.25, -0.2) is 18.1 Å². The topological polar surface area (TPSA) is 84.0 Å². The maximum absolute atomic E-state index is 12.6. The second kappa shape index (κ2) is 6.21. The first-order chi connectivity index (χ1) is 10.9. The van der Waals surface area contributed by atoms with Crippen molar-refractivity contribution in [3.8, 4) is 0 Å². The van der Waals surface area contributed by atoms with E-state index in [1.54, 1.807) is 24.3 Å². The van der Waals surface area contributed by atoms with Crippen LogP contribution in [0.25, 0.3) is 0 Å². The van der Waals surface area contributed by atoms with Crippen LogP contribution in [0.5, 0.6) is 0 Å². The number of piperidine rings is 1. The molecular weight excluding hydrogens is 388 g/mol. The predicted molar refractivity (Wildman–Crippen MR) is 84.1 cm³/mol. The van der Waals surface area contributed by atoms with Crippen LogP contribution in [0.1, 0.15) is 12.8 Å². The number of imide groups is 1. The quantitative estimate of drug-likeness (QED) is 0.765. The second-order valence-corrected chi connectivity index (χ2v) is 8.26. The molecule has 7 nitrogen and oxygen atoms in total. The van der Waals surface area contributed by atoms with Crippen molar-refractivity contribution < 1.29 is 22.7 Å². The highest BCUT2D eigenvalue weighted by Crippen LogP contribution is 2.25. The number of rotatable bonds is 3. The van der Waals surface area contributed by atoms with Gasteiger partial charge in [0.15, 0.2) is 6.61 Å². The van der Waals surface area contributed by atoms with E-state index in [0.717, 1.165) is 9.37 Å². The van der Waals surface area contributed by atoms with Crippen LogP contribution in [-0.2, 0) is 19.6 Å². The smallest absolute Gasteiger partial charge is 0.417 e. The summed E-state index contributed by atoms with van der Waals surface area (Å²) in [5.41, 5.74) is 0. The molecule has 2 aliphatic heterocycles. The number of hydrogen-bond donors (Lipinski definition) is 0. The van der Waals surface area contributed by atoms with E-state index >= 15 is 0 Å². The van der Waals surface area contributed by atoms with Gasteiger partial charge in [0, 0.05) is 23.6 Å². The molecule has 0 aliphatic carbocycles. The molecule has 0 aromatic heterocycles. The largest absolute Gasteiger partial charge is 0.439 e. The minimum absolute atomic E-state index is 0.226. The van der Waals surface area contributed by atoms with E-state index in [4.69, 9.17) is 4.74 Å². The molecule has 0 saturated carbocycles. The fourth-order valence-electron chi connectivity index (χ4n) is 2.81. The Bertz CT molecular complexity index is 710. The molecule has 0 unspecified atom stereocenters. The Labute approximate surface area is 142 Å². The molecule has 0 N–H and O–H groups in total. The van der Waals surface area contributed by atoms with Gasteiger partial charge in [-0.3, -0.25) is 4.79 Å². The zero-order chi connectivity index (χ0) is 16.6. The summed E-state index contributed by atoms with van der Waals surface area (Å²) in [6.45, 7) is 0.302. The molecule has 0 atom stereocenters. The number of ether oxygens (including phenoxy) is 1. The maximum atomic E-state index is 12.6. The van der Waals surface area contributed by atoms with E-state index in [-0.39, 0.29) is 36.5 Å². The van der Waals surface area contributed by atoms with Gasteiger partial charge in [0.2, 0.25) is 10.0 Å². The molecule has 0 spiro atoms. The standard InChI is InChI=1S/C14H15BrN2O5S/c15-10-1-3-12(4-2-10)23(20,21)16-7-5-11(6-8-16)17-13(18)9-22-14(17)19/h1-4,11H,5-9H2. The number of cyclic esters (lactones) is 1. The van der Waals surface area contributed by atoms with Crippen LogP contribution in [0.15, 0.2) is 33.6 Å². The van der Waals surface area contributed by atoms with E-state index < -0.39 is 16.1 Å². The number of sulfonamides is 1. The van der Waals surface area contributed by atoms with Gasteiger partial charge in [0.05, 0.1) is 4.90 Å². The van der Waals surface area contributed by atoms with Crippen molar-refractivity contribution in [1.29, 1.82) is 0 Å². The van der Waals surface area contributed by atoms with Gasteiger partial charge >= 0.3 is 6.09 Å². The number of nitrogens with zero attached hydrogens (tertiary/aromatic N) is 2. The highest BCUT2D eigenvalue weighted by molar-refractivity contribution is 9.10. The summed E-state index contributed by atoms with van der Waals surface area (Å²) in [5, 5.41) is 0. The number of amides is 2. The second-order valence-electron chi connectivity index (χ2n) is 5.41. The van der Waals surface area contributed by atoms with Gasteiger partial charge in [0.25, 0.3) is 5.91 Å². The average molecular weight is 403 g/mol. The number of hydrogen-bond acceptors (Lipinski definition) is 5. The summed E-state index contributed by atoms with van der Waals surface area (Å²) < 4.78 is 32.1. The van der Waals surface area contributed by atoms with Crippen molar-refractivity contribution in [2.24, 2.45) is 0 Å². The monoisotopic (exact) mass is 402 g/mol. The average Bonchev–Trinajstić information content (AvgIpc) is 2.87. The molecule has 0 bridgehead atoms. The van der Waals surface area contributed by atoms with Crippen molar-refractivity contribution >= 4 is 38.0 Å². The Kier molecular flexibility index (Phi) is 4.43. The molecule has 1 aromatic carbocycles. The van der Waals surface area contributed by atoms with Crippen molar-refractivity contribution in [3.05, 3.63) is 28.7 Å². The summed E-state index contributed by atoms with van der Waals surface area (Å²) in [6, 6.07) is 6.16. The fourth-order valence-corrected chi connectivity index (χ4v) is 4.55. The van der Waals surface area contributed by atoms with Crippen molar-refractivity contribution in [2.75, 3.05) is 19.7 Å². The van der Waals surface area contributed by atoms with E-state index in [1.165, 1.54) is 4.31 Å². The number of benzene rings is 1. The fraction of sp³-hybridized carbons (Fsp3) is 0.429. The van der Waals surface area contributed by atoms with Gasteiger partial charge in [-0.15, -0.1) is 0 Å². The van der Waals surface area contributed by atoms with Crippen LogP contribution >= 0.6 is 15.9 Å². The lowest BCUT2D eigenvalue weighted by Gasteiger charge is -2.33. The minimum atomic E-state index is -3.56. The molecule has 23 heavy (non-hydrogen) atoms. The van der Waals surface area contributed by atoms with E-state index in [0.29, 0.717) is 12.8 Å². The van der Waals surface area contributed by atoms with Crippen LogP contribution in [0.4, 0.5) is 4.79 Å². The molecule has 2 saturated heterocycles. The van der Waals surface area contributed by atoms with Crippen LogP contribution in [0.3, 0.4) is 0 Å². The molecule has 2 heterocycles. The lowest BCUT2D eigenvalue weighted by Crippen LogP contribution is -2.48. The molecule has 1 aromatic rings. The van der Waals surface area contributed by atoms with Crippen LogP contribution in [0, 0.1) is 0 Å². The summed E-state index contributed by atoms with van der Waals surface area (Å²) >= 11 is 3.28. The zero-order valence-electron chi connectivity index (χ0n) is 12.1. The van der Waals surface area contributed by atoms with Gasteiger partial charge in [-0.2, -0.15) is 4.31 Å². The Morgan fingerprint density at radius 1 is 1.09 bits per heavy atom. The molecular formula is C14H15BrN2O5S. The van der Waals surface area contributed by atoms with Crippen LogP contribution in [-0.4, -0.2) is 55.4 Å². The first-order valence-electron chi connectivity index (χ1n) is 7.14. The summed E-state index contributed by atoms with van der Waals surface area (Å²) in [7, 11) is -3.56. The maximum Gasteiger partial charge on any atom is 0.417 e. The van der Waals surface area contributed by atoms with Gasteiger partial charge in [-0.1, -0.05) is 15.9 Å². The lowest BCUT2D eigenvalue weighted by atomic mass is 10.1. The van der Waals surface area contributed by atoms with Gasteiger partial charge in [0.1, 0.15) is 0 Å². The van der Waals surface area contributed by atoms with Crippen molar-refractivity contribution in [1.82, 2.24) is 9.21 Å². The Morgan fingerprint density at radius 3 is 2.22 bits per heavy atom. The zero-order valence-corrected chi connectivity index (χ0v) is 14.5. The molecule has 3 rings (SSSR count). The van der Waals surface area contributed by atoms with Gasteiger partial charge < -0.3 is 4.74 Å². The summed E-state index contributed by atoms with van der Waals surface area (Å²) in [5.74, 6) is -0.357. The normalized spacial score (nSPS) is 20.8. The molecule has 2 amide bonds. The highest BCUT2D eigenvalue weighted by Gasteiger charge is 2.40. The predicted octanol–water partition coefficient (Wildman–Crippen LogP) is 1.58. The van der Waals surface area contributed by atoms with E-state index in [9.17, 15) is 18.0 Å². The summed E-state index contributed by atoms with van der Waals surface area (Å²) in [6.07, 6.45) is 0.192. The Morgan fingerprint density at radius 2 is 1.70 bits per heavy atom. The third-order valence-electron chi connectivity index (χ3n) is 4.02. The Hall–Kier alpha value is -1.45. The SMILES string of the molecule is O=C1COC(=O)N1C1CCN(S(=O)(=O)c2ccc(Br)cc2)CC1. The molecule has 2 aliphatic rings. The minimum Gasteiger partial charge on any atom is -0.439 e. The van der Waals surface area contributed by atoms with Crippen LogP contribution in [0.2, 0.25) is 0 Å². The third-order valence-corrected chi connectivity index (χ3v) is 6.47. The van der Waals surface area contributed by atoms with E-state index in [1.807, 2.05) is 0 Å². The van der Waals surface area contributed by atoms with Crippen molar-refractivity contribution in [3.63, 3.8) is 0 Å². The molecule has 124 valence electrons. The highest BCUT2D eigenvalue weighted by atomic mass is 79.9. The molecule has 9 heteroatoms. The third kappa shape index (κ3) is 3.13. The summed E-state index contributed by atoms with van der Waals surface area (Å²) in [4.78, 5) is 24.6. The van der Waals surface area contributed by atoms with Gasteiger partial charge in [-0.05, 0) is 37.1 Å². The molecule has 2 fully saturated rings. The first kappa shape index (κ1) is 16.4. The van der Waals surface area contributed by atoms with Crippen molar-refractivity contribution in [2.45, 2.75) is 23.8 Å². The lowest BCUT2D eigenvalue weighted by molar-refractivity contribution is -0.127. The molecule has 0 radical (unpaired) electrons. The van der Waals surface area contributed by atoms with E-state index in [2.05, 4.69) is 15.9 Å². The number of carbonyl (C=O) groups is 2.